The van der Waals surface area contributed by atoms with E-state index in [-0.39, 0.29) is 0 Å². The first-order valence-electron chi connectivity index (χ1n) is 5.48. The molecule has 1 aliphatic heterocycles. The van der Waals surface area contributed by atoms with Gasteiger partial charge in [-0.1, -0.05) is 6.92 Å². The number of hydrogen-bond acceptors (Lipinski definition) is 5. The molecule has 0 saturated carbocycles. The fraction of sp³-hybridized carbons (Fsp3) is 0.800. The second kappa shape index (κ2) is 4.90. The van der Waals surface area contributed by atoms with E-state index < -0.39 is 0 Å². The van der Waals surface area contributed by atoms with Crippen molar-refractivity contribution < 1.29 is 4.74 Å². The summed E-state index contributed by atoms with van der Waals surface area (Å²) in [5, 5.41) is 4.38. The Balaban J connectivity index is 1.90. The number of ether oxygens (including phenoxy) is 1. The van der Waals surface area contributed by atoms with Crippen LogP contribution in [0, 0.1) is 0 Å². The minimum Gasteiger partial charge on any atom is -0.378 e. The van der Waals surface area contributed by atoms with Gasteiger partial charge in [0.15, 0.2) is 0 Å². The Kier molecular flexibility index (Phi) is 3.53. The SMILES string of the molecule is CCc1nsc(NC2CCOC(C)C2)n1. The molecular weight excluding hydrogens is 210 g/mol. The van der Waals surface area contributed by atoms with Gasteiger partial charge in [-0.15, -0.1) is 0 Å². The zero-order valence-corrected chi connectivity index (χ0v) is 10.0. The van der Waals surface area contributed by atoms with E-state index in [4.69, 9.17) is 4.74 Å². The van der Waals surface area contributed by atoms with E-state index in [1.807, 2.05) is 0 Å². The Labute approximate surface area is 94.2 Å². The smallest absolute Gasteiger partial charge is 0.202 e. The molecule has 1 saturated heterocycles. The highest BCUT2D eigenvalue weighted by Gasteiger charge is 2.19. The Morgan fingerprint density at radius 2 is 2.47 bits per heavy atom. The van der Waals surface area contributed by atoms with Gasteiger partial charge in [-0.2, -0.15) is 4.37 Å². The molecule has 1 fully saturated rings. The van der Waals surface area contributed by atoms with E-state index >= 15 is 0 Å². The molecule has 5 heteroatoms. The number of aromatic nitrogens is 2. The second-order valence-electron chi connectivity index (χ2n) is 3.92. The van der Waals surface area contributed by atoms with Crippen LogP contribution in [-0.4, -0.2) is 28.1 Å². The molecular formula is C10H17N3OS. The summed E-state index contributed by atoms with van der Waals surface area (Å²) in [5.74, 6) is 0.933. The molecule has 15 heavy (non-hydrogen) atoms. The van der Waals surface area contributed by atoms with Crippen LogP contribution in [-0.2, 0) is 11.2 Å². The standard InChI is InChI=1S/C10H17N3OS/c1-3-9-12-10(15-13-9)11-8-4-5-14-7(2)6-8/h7-8H,3-6H2,1-2H3,(H,11,12,13). The third-order valence-electron chi connectivity index (χ3n) is 2.60. The molecule has 0 spiro atoms. The molecule has 2 heterocycles. The highest BCUT2D eigenvalue weighted by Crippen LogP contribution is 2.19. The van der Waals surface area contributed by atoms with Crippen molar-refractivity contribution in [3.8, 4) is 0 Å². The molecule has 0 aromatic carbocycles. The molecule has 0 radical (unpaired) electrons. The molecule has 0 bridgehead atoms. The lowest BCUT2D eigenvalue weighted by molar-refractivity contribution is 0.0232. The first-order chi connectivity index (χ1) is 7.28. The topological polar surface area (TPSA) is 47.0 Å². The first kappa shape index (κ1) is 10.8. The number of hydrogen-bond donors (Lipinski definition) is 1. The normalized spacial score (nSPS) is 26.5. The van der Waals surface area contributed by atoms with Crippen LogP contribution in [0.4, 0.5) is 5.13 Å². The minimum atomic E-state index is 0.356. The van der Waals surface area contributed by atoms with Gasteiger partial charge in [0.05, 0.1) is 6.10 Å². The van der Waals surface area contributed by atoms with Crippen molar-refractivity contribution >= 4 is 16.7 Å². The van der Waals surface area contributed by atoms with Crippen LogP contribution < -0.4 is 5.32 Å². The van der Waals surface area contributed by atoms with Gasteiger partial charge in [0.25, 0.3) is 0 Å². The van der Waals surface area contributed by atoms with E-state index in [0.717, 1.165) is 36.8 Å². The van der Waals surface area contributed by atoms with Gasteiger partial charge in [-0.05, 0) is 19.8 Å². The Morgan fingerprint density at radius 1 is 1.60 bits per heavy atom. The average molecular weight is 227 g/mol. The molecule has 84 valence electrons. The van der Waals surface area contributed by atoms with Crippen LogP contribution in [0.2, 0.25) is 0 Å². The largest absolute Gasteiger partial charge is 0.378 e. The lowest BCUT2D eigenvalue weighted by atomic mass is 10.1. The van der Waals surface area contributed by atoms with Crippen molar-refractivity contribution in [1.29, 1.82) is 0 Å². The van der Waals surface area contributed by atoms with Crippen molar-refractivity contribution in [2.75, 3.05) is 11.9 Å². The molecule has 1 aromatic rings. The minimum absolute atomic E-state index is 0.356. The molecule has 2 unspecified atom stereocenters. The predicted molar refractivity (Wildman–Crippen MR) is 61.3 cm³/mol. The number of rotatable bonds is 3. The second-order valence-corrected chi connectivity index (χ2v) is 4.67. The Hall–Kier alpha value is -0.680. The van der Waals surface area contributed by atoms with Gasteiger partial charge in [0, 0.05) is 30.6 Å². The molecule has 1 N–H and O–H groups in total. The summed E-state index contributed by atoms with van der Waals surface area (Å²) in [6.45, 7) is 5.03. The van der Waals surface area contributed by atoms with Crippen molar-refractivity contribution in [3.63, 3.8) is 0 Å². The fourth-order valence-electron chi connectivity index (χ4n) is 1.76. The van der Waals surface area contributed by atoms with Crippen molar-refractivity contribution in [2.45, 2.75) is 45.3 Å². The quantitative estimate of drug-likeness (QED) is 0.859. The summed E-state index contributed by atoms with van der Waals surface area (Å²) < 4.78 is 9.76. The highest BCUT2D eigenvalue weighted by molar-refractivity contribution is 7.09. The van der Waals surface area contributed by atoms with Crippen LogP contribution >= 0.6 is 11.5 Å². The van der Waals surface area contributed by atoms with Crippen LogP contribution in [0.1, 0.15) is 32.5 Å². The van der Waals surface area contributed by atoms with Gasteiger partial charge < -0.3 is 10.1 Å². The lowest BCUT2D eigenvalue weighted by Gasteiger charge is -2.27. The van der Waals surface area contributed by atoms with Crippen molar-refractivity contribution in [1.82, 2.24) is 9.36 Å². The maximum Gasteiger partial charge on any atom is 0.202 e. The molecule has 2 rings (SSSR count). The summed E-state index contributed by atoms with van der Waals surface area (Å²) >= 11 is 1.46. The zero-order valence-electron chi connectivity index (χ0n) is 9.19. The van der Waals surface area contributed by atoms with E-state index in [1.54, 1.807) is 0 Å². The first-order valence-corrected chi connectivity index (χ1v) is 6.26. The number of nitrogens with zero attached hydrogens (tertiary/aromatic N) is 2. The van der Waals surface area contributed by atoms with Crippen LogP contribution in [0.5, 0.6) is 0 Å². The van der Waals surface area contributed by atoms with E-state index in [0.29, 0.717) is 12.1 Å². The summed E-state index contributed by atoms with van der Waals surface area (Å²) in [4.78, 5) is 4.40. The molecule has 4 nitrogen and oxygen atoms in total. The van der Waals surface area contributed by atoms with Gasteiger partial charge in [0.1, 0.15) is 5.82 Å². The molecule has 1 aromatic heterocycles. The van der Waals surface area contributed by atoms with Gasteiger partial charge in [0.2, 0.25) is 5.13 Å². The third kappa shape index (κ3) is 2.89. The van der Waals surface area contributed by atoms with Crippen LogP contribution in [0.15, 0.2) is 0 Å². The predicted octanol–water partition coefficient (Wildman–Crippen LogP) is 2.08. The van der Waals surface area contributed by atoms with Crippen LogP contribution in [0.25, 0.3) is 0 Å². The van der Waals surface area contributed by atoms with Crippen LogP contribution in [0.3, 0.4) is 0 Å². The number of nitrogens with one attached hydrogen (secondary N) is 1. The lowest BCUT2D eigenvalue weighted by Crippen LogP contribution is -2.32. The highest BCUT2D eigenvalue weighted by atomic mass is 32.1. The fourth-order valence-corrected chi connectivity index (χ4v) is 2.49. The Bertz CT molecular complexity index is 315. The van der Waals surface area contributed by atoms with Gasteiger partial charge >= 0.3 is 0 Å². The monoisotopic (exact) mass is 227 g/mol. The maximum atomic E-state index is 5.50. The van der Waals surface area contributed by atoms with E-state index in [2.05, 4.69) is 28.5 Å². The van der Waals surface area contributed by atoms with Gasteiger partial charge in [-0.25, -0.2) is 4.98 Å². The Morgan fingerprint density at radius 3 is 3.13 bits per heavy atom. The summed E-state index contributed by atoms with van der Waals surface area (Å²) in [7, 11) is 0. The van der Waals surface area contributed by atoms with Crippen molar-refractivity contribution in [3.05, 3.63) is 5.82 Å². The summed E-state index contributed by atoms with van der Waals surface area (Å²) in [5.41, 5.74) is 0. The number of aryl methyl sites for hydroxylation is 1. The van der Waals surface area contributed by atoms with Crippen molar-refractivity contribution in [2.24, 2.45) is 0 Å². The number of anilines is 1. The molecule has 2 atom stereocenters. The molecule has 0 aliphatic carbocycles. The third-order valence-corrected chi connectivity index (χ3v) is 3.28. The van der Waals surface area contributed by atoms with Gasteiger partial charge in [-0.3, -0.25) is 0 Å². The zero-order chi connectivity index (χ0) is 10.7. The molecule has 1 aliphatic rings. The molecule has 0 amide bonds. The van der Waals surface area contributed by atoms with E-state index in [1.165, 1.54) is 11.5 Å². The van der Waals surface area contributed by atoms with E-state index in [9.17, 15) is 0 Å². The maximum absolute atomic E-state index is 5.50. The average Bonchev–Trinajstić information content (AvgIpc) is 2.65. The summed E-state index contributed by atoms with van der Waals surface area (Å²) in [6.07, 6.45) is 3.38. The summed E-state index contributed by atoms with van der Waals surface area (Å²) in [6, 6.07) is 0.492.